The molecule has 0 saturated carbocycles. The zero-order valence-corrected chi connectivity index (χ0v) is 19.1. The van der Waals surface area contributed by atoms with Gasteiger partial charge in [-0.1, -0.05) is 12.1 Å². The molecule has 1 aromatic carbocycles. The van der Waals surface area contributed by atoms with Gasteiger partial charge >= 0.3 is 6.09 Å². The van der Waals surface area contributed by atoms with Crippen molar-refractivity contribution in [2.45, 2.75) is 51.4 Å². The number of hydrogen-bond acceptors (Lipinski definition) is 6. The second kappa shape index (κ2) is 9.97. The van der Waals surface area contributed by atoms with Crippen LogP contribution in [0.5, 0.6) is 0 Å². The Kier molecular flexibility index (Phi) is 7.53. The van der Waals surface area contributed by atoms with Crippen LogP contribution in [0.25, 0.3) is 0 Å². The average Bonchev–Trinajstić information content (AvgIpc) is 3.22. The number of aromatic nitrogens is 2. The first-order valence-corrected chi connectivity index (χ1v) is 10.9. The van der Waals surface area contributed by atoms with E-state index >= 15 is 0 Å². The summed E-state index contributed by atoms with van der Waals surface area (Å²) in [4.78, 5) is 20.4. The maximum absolute atomic E-state index is 13.3. The van der Waals surface area contributed by atoms with E-state index < -0.39 is 17.7 Å². The molecule has 1 aliphatic rings. The zero-order chi connectivity index (χ0) is 23.5. The smallest absolute Gasteiger partial charge is 0.410 e. The SMILES string of the molecule is C[C@H](c1ccc(F)cc1)n1cncc1C(CO)N1CCN(C(=O)OC(C)(C)C)CC1CO. The molecule has 1 aromatic heterocycles. The average molecular weight is 449 g/mol. The third kappa shape index (κ3) is 5.46. The van der Waals surface area contributed by atoms with Gasteiger partial charge in [0.25, 0.3) is 0 Å². The van der Waals surface area contributed by atoms with Crippen LogP contribution < -0.4 is 0 Å². The number of halogens is 1. The number of hydrogen-bond donors (Lipinski definition) is 2. The Morgan fingerprint density at radius 3 is 2.53 bits per heavy atom. The number of benzene rings is 1. The number of piperazine rings is 1. The Bertz CT molecular complexity index is 896. The first-order valence-electron chi connectivity index (χ1n) is 10.9. The molecule has 2 heterocycles. The Labute approximate surface area is 188 Å². The summed E-state index contributed by atoms with van der Waals surface area (Å²) in [5.74, 6) is -0.298. The number of ether oxygens (including phenoxy) is 1. The predicted molar refractivity (Wildman–Crippen MR) is 118 cm³/mol. The van der Waals surface area contributed by atoms with Crippen LogP contribution in [0.1, 0.15) is 51.0 Å². The zero-order valence-electron chi connectivity index (χ0n) is 19.1. The highest BCUT2D eigenvalue weighted by Gasteiger charge is 2.36. The number of carbonyl (C=O) groups excluding carboxylic acids is 1. The van der Waals surface area contributed by atoms with Gasteiger partial charge in [-0.2, -0.15) is 0 Å². The second-order valence-corrected chi connectivity index (χ2v) is 9.15. The van der Waals surface area contributed by atoms with Gasteiger partial charge in [0.2, 0.25) is 0 Å². The number of amides is 1. The van der Waals surface area contributed by atoms with E-state index in [-0.39, 0.29) is 31.1 Å². The molecule has 1 amide bonds. The molecule has 3 atom stereocenters. The Hall–Kier alpha value is -2.49. The lowest BCUT2D eigenvalue weighted by atomic mass is 10.0. The number of nitrogens with zero attached hydrogens (tertiary/aromatic N) is 4. The van der Waals surface area contributed by atoms with E-state index in [0.29, 0.717) is 19.6 Å². The van der Waals surface area contributed by atoms with Gasteiger partial charge in [-0.05, 0) is 45.4 Å². The largest absolute Gasteiger partial charge is 0.444 e. The van der Waals surface area contributed by atoms with Gasteiger partial charge in [0.1, 0.15) is 11.4 Å². The summed E-state index contributed by atoms with van der Waals surface area (Å²) < 4.78 is 20.8. The number of imidazole rings is 1. The van der Waals surface area contributed by atoms with Crippen LogP contribution in [0, 0.1) is 5.82 Å². The molecule has 0 radical (unpaired) electrons. The topological polar surface area (TPSA) is 91.1 Å². The quantitative estimate of drug-likeness (QED) is 0.706. The summed E-state index contributed by atoms with van der Waals surface area (Å²) >= 11 is 0. The summed E-state index contributed by atoms with van der Waals surface area (Å²) in [6, 6.07) is 5.39. The number of carbonyl (C=O) groups is 1. The molecule has 8 nitrogen and oxygen atoms in total. The molecule has 2 N–H and O–H groups in total. The highest BCUT2D eigenvalue weighted by Crippen LogP contribution is 2.29. The van der Waals surface area contributed by atoms with Crippen molar-refractivity contribution in [3.63, 3.8) is 0 Å². The van der Waals surface area contributed by atoms with Crippen LogP contribution in [0.3, 0.4) is 0 Å². The molecule has 1 aliphatic heterocycles. The van der Waals surface area contributed by atoms with Crippen molar-refractivity contribution in [3.05, 3.63) is 53.9 Å². The van der Waals surface area contributed by atoms with Gasteiger partial charge in [0, 0.05) is 25.8 Å². The molecule has 9 heteroatoms. The molecule has 2 unspecified atom stereocenters. The molecule has 32 heavy (non-hydrogen) atoms. The van der Waals surface area contributed by atoms with E-state index in [4.69, 9.17) is 4.74 Å². The number of rotatable bonds is 6. The predicted octanol–water partition coefficient (Wildman–Crippen LogP) is 2.58. The van der Waals surface area contributed by atoms with Crippen LogP contribution in [-0.4, -0.2) is 80.1 Å². The summed E-state index contributed by atoms with van der Waals surface area (Å²) in [5, 5.41) is 20.3. The maximum Gasteiger partial charge on any atom is 0.410 e. The maximum atomic E-state index is 13.3. The first kappa shape index (κ1) is 24.2. The summed E-state index contributed by atoms with van der Waals surface area (Å²) in [6.07, 6.45) is 2.98. The molecule has 3 rings (SSSR count). The van der Waals surface area contributed by atoms with Crippen molar-refractivity contribution in [2.24, 2.45) is 0 Å². The third-order valence-corrected chi connectivity index (χ3v) is 5.77. The Morgan fingerprint density at radius 2 is 1.94 bits per heavy atom. The molecule has 176 valence electrons. The highest BCUT2D eigenvalue weighted by atomic mass is 19.1. The highest BCUT2D eigenvalue weighted by molar-refractivity contribution is 5.68. The fourth-order valence-corrected chi connectivity index (χ4v) is 4.10. The molecule has 1 saturated heterocycles. The fourth-order valence-electron chi connectivity index (χ4n) is 4.10. The van der Waals surface area contributed by atoms with Crippen molar-refractivity contribution in [1.29, 1.82) is 0 Å². The van der Waals surface area contributed by atoms with E-state index in [1.807, 2.05) is 37.2 Å². The van der Waals surface area contributed by atoms with Gasteiger partial charge in [-0.25, -0.2) is 14.2 Å². The fraction of sp³-hybridized carbons (Fsp3) is 0.565. The van der Waals surface area contributed by atoms with E-state index in [1.165, 1.54) is 12.1 Å². The Balaban J connectivity index is 1.80. The normalized spacial score (nSPS) is 19.6. The minimum absolute atomic E-state index is 0.127. The van der Waals surface area contributed by atoms with Crippen molar-refractivity contribution in [1.82, 2.24) is 19.4 Å². The summed E-state index contributed by atoms with van der Waals surface area (Å²) in [7, 11) is 0. The number of aliphatic hydroxyl groups is 2. The van der Waals surface area contributed by atoms with Gasteiger partial charge in [-0.3, -0.25) is 4.90 Å². The standard InChI is InChI=1S/C23H33FN4O4/c1-16(17-5-7-18(24)8-6-17)28-15-25-11-20(28)21(14-30)27-10-9-26(12-19(27)13-29)22(31)32-23(2,3)4/h5-8,11,15-16,19,21,29-30H,9-10,12-14H2,1-4H3/t16-,19?,21?/m1/s1. The van der Waals surface area contributed by atoms with E-state index in [2.05, 4.69) is 4.98 Å². The van der Waals surface area contributed by atoms with Crippen LogP contribution in [0.2, 0.25) is 0 Å². The minimum atomic E-state index is -0.598. The van der Waals surface area contributed by atoms with Gasteiger partial charge in [-0.15, -0.1) is 0 Å². The van der Waals surface area contributed by atoms with Crippen LogP contribution >= 0.6 is 0 Å². The second-order valence-electron chi connectivity index (χ2n) is 9.15. The Morgan fingerprint density at radius 1 is 1.25 bits per heavy atom. The monoisotopic (exact) mass is 448 g/mol. The van der Waals surface area contributed by atoms with Crippen LogP contribution in [0.15, 0.2) is 36.8 Å². The van der Waals surface area contributed by atoms with Gasteiger partial charge in [0.05, 0.1) is 43.4 Å². The van der Waals surface area contributed by atoms with Crippen LogP contribution in [-0.2, 0) is 4.74 Å². The molecule has 0 bridgehead atoms. The third-order valence-electron chi connectivity index (χ3n) is 5.77. The lowest BCUT2D eigenvalue weighted by molar-refractivity contribution is -0.0252. The molecule has 1 fully saturated rings. The molecular formula is C23H33FN4O4. The van der Waals surface area contributed by atoms with E-state index in [9.17, 15) is 19.4 Å². The number of aliphatic hydroxyl groups excluding tert-OH is 2. The van der Waals surface area contributed by atoms with Crippen LogP contribution in [0.4, 0.5) is 9.18 Å². The van der Waals surface area contributed by atoms with Gasteiger partial charge < -0.3 is 24.4 Å². The molecule has 0 aliphatic carbocycles. The van der Waals surface area contributed by atoms with Crippen molar-refractivity contribution < 1.29 is 24.1 Å². The molecular weight excluding hydrogens is 415 g/mol. The molecule has 0 spiro atoms. The first-order chi connectivity index (χ1) is 15.1. The van der Waals surface area contributed by atoms with Crippen molar-refractivity contribution in [3.8, 4) is 0 Å². The van der Waals surface area contributed by atoms with Gasteiger partial charge in [0.15, 0.2) is 0 Å². The lowest BCUT2D eigenvalue weighted by Gasteiger charge is -2.44. The molecule has 2 aromatic rings. The summed E-state index contributed by atoms with van der Waals surface area (Å²) in [6.45, 7) is 8.26. The van der Waals surface area contributed by atoms with E-state index in [0.717, 1.165) is 11.3 Å². The van der Waals surface area contributed by atoms with Crippen molar-refractivity contribution in [2.75, 3.05) is 32.8 Å². The van der Waals surface area contributed by atoms with E-state index in [1.54, 1.807) is 29.6 Å². The lowest BCUT2D eigenvalue weighted by Crippen LogP contribution is -2.58. The summed E-state index contributed by atoms with van der Waals surface area (Å²) in [5.41, 5.74) is 1.10. The van der Waals surface area contributed by atoms with Crippen molar-refractivity contribution >= 4 is 6.09 Å². The minimum Gasteiger partial charge on any atom is -0.444 e.